The van der Waals surface area contributed by atoms with Crippen LogP contribution in [0.1, 0.15) is 30.1 Å². The van der Waals surface area contributed by atoms with E-state index in [1.807, 2.05) is 11.8 Å². The Labute approximate surface area is 120 Å². The minimum atomic E-state index is 0.0439. The van der Waals surface area contributed by atoms with Crippen molar-refractivity contribution >= 4 is 11.6 Å². The van der Waals surface area contributed by atoms with Gasteiger partial charge in [-0.05, 0) is 37.6 Å². The van der Waals surface area contributed by atoms with Gasteiger partial charge in [-0.15, -0.1) is 0 Å². The summed E-state index contributed by atoms with van der Waals surface area (Å²) in [6.45, 7) is 6.03. The molecular formula is C15H23N3O2. The number of hydrogen-bond acceptors (Lipinski definition) is 4. The second kappa shape index (κ2) is 7.14. The van der Waals surface area contributed by atoms with E-state index in [0.717, 1.165) is 39.0 Å². The van der Waals surface area contributed by atoms with Crippen molar-refractivity contribution in [2.24, 2.45) is 0 Å². The average molecular weight is 277 g/mol. The summed E-state index contributed by atoms with van der Waals surface area (Å²) in [4.78, 5) is 14.3. The molecule has 0 radical (unpaired) electrons. The van der Waals surface area contributed by atoms with Crippen molar-refractivity contribution in [2.45, 2.75) is 19.8 Å². The molecule has 0 saturated carbocycles. The fourth-order valence-corrected chi connectivity index (χ4v) is 2.26. The number of benzene rings is 1. The minimum absolute atomic E-state index is 0.0439. The first-order valence-electron chi connectivity index (χ1n) is 7.24. The zero-order chi connectivity index (χ0) is 14.4. The molecule has 1 amide bonds. The van der Waals surface area contributed by atoms with Crippen LogP contribution in [0.25, 0.3) is 0 Å². The average Bonchev–Trinajstić information content (AvgIpc) is 2.74. The number of hydrogen-bond donors (Lipinski definition) is 2. The van der Waals surface area contributed by atoms with Crippen LogP contribution in [0.3, 0.4) is 0 Å². The Kier molecular flexibility index (Phi) is 5.24. The van der Waals surface area contributed by atoms with E-state index in [9.17, 15) is 4.79 Å². The first-order valence-corrected chi connectivity index (χ1v) is 7.24. The Morgan fingerprint density at radius 1 is 1.40 bits per heavy atom. The molecule has 0 unspecified atom stereocenters. The Bertz CT molecular complexity index is 454. The van der Waals surface area contributed by atoms with Gasteiger partial charge in [0.15, 0.2) is 0 Å². The summed E-state index contributed by atoms with van der Waals surface area (Å²) in [5.74, 6) is 0.698. The first kappa shape index (κ1) is 14.7. The van der Waals surface area contributed by atoms with Gasteiger partial charge in [-0.3, -0.25) is 4.79 Å². The molecule has 1 fully saturated rings. The quantitative estimate of drug-likeness (QED) is 0.818. The third-order valence-corrected chi connectivity index (χ3v) is 3.35. The zero-order valence-corrected chi connectivity index (χ0v) is 12.0. The zero-order valence-electron chi connectivity index (χ0n) is 12.0. The maximum Gasteiger partial charge on any atom is 0.253 e. The SMILES string of the molecule is CCCOc1ccc(C(=O)N2CCCNCC2)cc1N. The highest BCUT2D eigenvalue weighted by molar-refractivity contribution is 5.95. The number of amides is 1. The van der Waals surface area contributed by atoms with Gasteiger partial charge in [-0.25, -0.2) is 0 Å². The van der Waals surface area contributed by atoms with Crippen LogP contribution in [-0.4, -0.2) is 43.6 Å². The largest absolute Gasteiger partial charge is 0.491 e. The van der Waals surface area contributed by atoms with E-state index < -0.39 is 0 Å². The number of ether oxygens (including phenoxy) is 1. The number of nitrogen functional groups attached to an aromatic ring is 1. The summed E-state index contributed by atoms with van der Waals surface area (Å²) in [5, 5.41) is 3.29. The number of carbonyl (C=O) groups is 1. The smallest absolute Gasteiger partial charge is 0.253 e. The molecule has 1 heterocycles. The molecule has 1 saturated heterocycles. The fraction of sp³-hybridized carbons (Fsp3) is 0.533. The highest BCUT2D eigenvalue weighted by Crippen LogP contribution is 2.23. The standard InChI is InChI=1S/C15H23N3O2/c1-2-10-20-14-5-4-12(11-13(14)16)15(19)18-8-3-6-17-7-9-18/h4-5,11,17H,2-3,6-10,16H2,1H3. The molecular weight excluding hydrogens is 254 g/mol. The predicted molar refractivity (Wildman–Crippen MR) is 80.0 cm³/mol. The van der Waals surface area contributed by atoms with E-state index in [2.05, 4.69) is 5.32 Å². The topological polar surface area (TPSA) is 67.6 Å². The third-order valence-electron chi connectivity index (χ3n) is 3.35. The molecule has 0 atom stereocenters. The summed E-state index contributed by atoms with van der Waals surface area (Å²) in [7, 11) is 0. The van der Waals surface area contributed by atoms with Crippen LogP contribution in [-0.2, 0) is 0 Å². The maximum atomic E-state index is 12.4. The Morgan fingerprint density at radius 3 is 3.00 bits per heavy atom. The number of nitrogens with zero attached hydrogens (tertiary/aromatic N) is 1. The normalized spacial score (nSPS) is 15.8. The second-order valence-corrected chi connectivity index (χ2v) is 5.00. The van der Waals surface area contributed by atoms with Crippen molar-refractivity contribution < 1.29 is 9.53 Å². The summed E-state index contributed by atoms with van der Waals surface area (Å²) >= 11 is 0. The van der Waals surface area contributed by atoms with Gasteiger partial charge in [0.2, 0.25) is 0 Å². The van der Waals surface area contributed by atoms with Crippen molar-refractivity contribution in [2.75, 3.05) is 38.5 Å². The fourth-order valence-electron chi connectivity index (χ4n) is 2.26. The van der Waals surface area contributed by atoms with Crippen LogP contribution in [0.4, 0.5) is 5.69 Å². The molecule has 1 aliphatic heterocycles. The van der Waals surface area contributed by atoms with E-state index in [1.54, 1.807) is 18.2 Å². The van der Waals surface area contributed by atoms with Gasteiger partial charge < -0.3 is 20.7 Å². The van der Waals surface area contributed by atoms with Crippen LogP contribution in [0.5, 0.6) is 5.75 Å². The molecule has 0 bridgehead atoms. The maximum absolute atomic E-state index is 12.4. The van der Waals surface area contributed by atoms with Gasteiger partial charge in [-0.1, -0.05) is 6.92 Å². The molecule has 1 aromatic carbocycles. The summed E-state index contributed by atoms with van der Waals surface area (Å²) in [5.41, 5.74) is 7.11. The Hall–Kier alpha value is -1.75. The van der Waals surface area contributed by atoms with E-state index in [1.165, 1.54) is 0 Å². The summed E-state index contributed by atoms with van der Waals surface area (Å²) in [6.07, 6.45) is 1.92. The van der Waals surface area contributed by atoms with Crippen molar-refractivity contribution in [3.05, 3.63) is 23.8 Å². The van der Waals surface area contributed by atoms with Crippen molar-refractivity contribution in [1.29, 1.82) is 0 Å². The highest BCUT2D eigenvalue weighted by Gasteiger charge is 2.17. The lowest BCUT2D eigenvalue weighted by molar-refractivity contribution is 0.0766. The van der Waals surface area contributed by atoms with Crippen LogP contribution in [0, 0.1) is 0 Å². The summed E-state index contributed by atoms with van der Waals surface area (Å²) in [6, 6.07) is 5.29. The van der Waals surface area contributed by atoms with E-state index in [0.29, 0.717) is 23.6 Å². The molecule has 2 rings (SSSR count). The van der Waals surface area contributed by atoms with Crippen molar-refractivity contribution in [3.63, 3.8) is 0 Å². The Morgan fingerprint density at radius 2 is 2.25 bits per heavy atom. The van der Waals surface area contributed by atoms with Gasteiger partial charge in [0.05, 0.1) is 12.3 Å². The van der Waals surface area contributed by atoms with Crippen LogP contribution >= 0.6 is 0 Å². The molecule has 0 spiro atoms. The second-order valence-electron chi connectivity index (χ2n) is 5.00. The number of nitrogens with one attached hydrogen (secondary N) is 1. The van der Waals surface area contributed by atoms with Crippen LogP contribution in [0.15, 0.2) is 18.2 Å². The minimum Gasteiger partial charge on any atom is -0.491 e. The lowest BCUT2D eigenvalue weighted by atomic mass is 10.1. The molecule has 5 nitrogen and oxygen atoms in total. The van der Waals surface area contributed by atoms with Crippen molar-refractivity contribution in [1.82, 2.24) is 10.2 Å². The van der Waals surface area contributed by atoms with Crippen LogP contribution < -0.4 is 15.8 Å². The molecule has 3 N–H and O–H groups in total. The lowest BCUT2D eigenvalue weighted by Gasteiger charge is -2.20. The predicted octanol–water partition coefficient (Wildman–Crippen LogP) is 1.49. The van der Waals surface area contributed by atoms with Gasteiger partial charge in [-0.2, -0.15) is 0 Å². The molecule has 1 aliphatic rings. The number of nitrogens with two attached hydrogens (primary N) is 1. The molecule has 0 aromatic heterocycles. The molecule has 20 heavy (non-hydrogen) atoms. The monoisotopic (exact) mass is 277 g/mol. The summed E-state index contributed by atoms with van der Waals surface area (Å²) < 4.78 is 5.53. The highest BCUT2D eigenvalue weighted by atomic mass is 16.5. The van der Waals surface area contributed by atoms with Gasteiger partial charge >= 0.3 is 0 Å². The van der Waals surface area contributed by atoms with Crippen LogP contribution in [0.2, 0.25) is 0 Å². The van der Waals surface area contributed by atoms with Gasteiger partial charge in [0, 0.05) is 25.2 Å². The number of anilines is 1. The molecule has 5 heteroatoms. The third kappa shape index (κ3) is 3.63. The first-order chi connectivity index (χ1) is 9.72. The molecule has 110 valence electrons. The number of carbonyl (C=O) groups excluding carboxylic acids is 1. The molecule has 1 aromatic rings. The molecule has 0 aliphatic carbocycles. The lowest BCUT2D eigenvalue weighted by Crippen LogP contribution is -2.34. The van der Waals surface area contributed by atoms with Gasteiger partial charge in [0.25, 0.3) is 5.91 Å². The van der Waals surface area contributed by atoms with E-state index in [-0.39, 0.29) is 5.91 Å². The number of rotatable bonds is 4. The van der Waals surface area contributed by atoms with Crippen molar-refractivity contribution in [3.8, 4) is 5.75 Å². The van der Waals surface area contributed by atoms with Gasteiger partial charge in [0.1, 0.15) is 5.75 Å². The van der Waals surface area contributed by atoms with E-state index in [4.69, 9.17) is 10.5 Å². The van der Waals surface area contributed by atoms with E-state index >= 15 is 0 Å². The Balaban J connectivity index is 2.07.